The van der Waals surface area contributed by atoms with Gasteiger partial charge in [-0.2, -0.15) is 0 Å². The summed E-state index contributed by atoms with van der Waals surface area (Å²) in [6, 6.07) is 87.6. The lowest BCUT2D eigenvalue weighted by Crippen LogP contribution is -2.20. The number of allylic oxidation sites excluding steroid dienone is 1. The fourth-order valence-electron chi connectivity index (χ4n) is 11.5. The molecule has 0 radical (unpaired) electrons. The Balaban J connectivity index is 0.00000256. The SMILES string of the molecule is CC.CC1(C)c2ccccc2-c2cc(N(C3=CCCc4ccccc43)c3ccccc3-c3cccc(-c4ccc5c(c4)c4ccccc4n5-c4cc(-c5ccccc5)cc(-c5ccccc5)c4)c3)ccc21. The lowest BCUT2D eigenvalue weighted by atomic mass is 9.82. The van der Waals surface area contributed by atoms with Gasteiger partial charge >= 0.3 is 0 Å². The number of para-hydroxylation sites is 2. The average molecular weight is 913 g/mol. The molecule has 0 fully saturated rings. The quantitative estimate of drug-likeness (QED) is 0.147. The first-order valence-electron chi connectivity index (χ1n) is 25.3. The van der Waals surface area contributed by atoms with Gasteiger partial charge in [-0.25, -0.2) is 0 Å². The Hall–Kier alpha value is -8.46. The molecule has 71 heavy (non-hydrogen) atoms. The van der Waals surface area contributed by atoms with Gasteiger partial charge in [0, 0.05) is 44.4 Å². The molecule has 0 aliphatic heterocycles. The van der Waals surface area contributed by atoms with Gasteiger partial charge < -0.3 is 9.47 Å². The second kappa shape index (κ2) is 18.1. The van der Waals surface area contributed by atoms with Crippen LogP contribution in [-0.2, 0) is 11.8 Å². The van der Waals surface area contributed by atoms with E-state index in [1.165, 1.54) is 111 Å². The van der Waals surface area contributed by atoms with E-state index in [2.05, 4.69) is 266 Å². The molecule has 2 nitrogen and oxygen atoms in total. The summed E-state index contributed by atoms with van der Waals surface area (Å²) in [4.78, 5) is 2.53. The minimum Gasteiger partial charge on any atom is -0.310 e. The number of aryl methyl sites for hydroxylation is 1. The molecule has 0 amide bonds. The largest absolute Gasteiger partial charge is 0.310 e. The van der Waals surface area contributed by atoms with Crippen LogP contribution in [0, 0.1) is 0 Å². The van der Waals surface area contributed by atoms with E-state index in [1.54, 1.807) is 0 Å². The van der Waals surface area contributed by atoms with Crippen molar-refractivity contribution in [3.8, 4) is 61.3 Å². The zero-order valence-corrected chi connectivity index (χ0v) is 40.9. The van der Waals surface area contributed by atoms with Crippen molar-refractivity contribution in [2.45, 2.75) is 46.0 Å². The summed E-state index contributed by atoms with van der Waals surface area (Å²) in [5, 5.41) is 2.47. The second-order valence-electron chi connectivity index (χ2n) is 19.2. The lowest BCUT2D eigenvalue weighted by Gasteiger charge is -2.33. The van der Waals surface area contributed by atoms with Gasteiger partial charge in [-0.15, -0.1) is 0 Å². The molecule has 342 valence electrons. The highest BCUT2D eigenvalue weighted by molar-refractivity contribution is 6.11. The van der Waals surface area contributed by atoms with Crippen LogP contribution in [0.3, 0.4) is 0 Å². The van der Waals surface area contributed by atoms with Crippen LogP contribution < -0.4 is 4.90 Å². The van der Waals surface area contributed by atoms with Crippen molar-refractivity contribution in [2.24, 2.45) is 0 Å². The highest BCUT2D eigenvalue weighted by atomic mass is 15.2. The van der Waals surface area contributed by atoms with Crippen molar-refractivity contribution in [1.29, 1.82) is 0 Å². The Labute approximate surface area is 418 Å². The Morgan fingerprint density at radius 3 is 1.75 bits per heavy atom. The van der Waals surface area contributed by atoms with E-state index in [1.807, 2.05) is 13.8 Å². The van der Waals surface area contributed by atoms with Crippen LogP contribution in [0.1, 0.15) is 56.4 Å². The normalized spacial score (nSPS) is 13.2. The monoisotopic (exact) mass is 912 g/mol. The molecule has 0 saturated carbocycles. The maximum absolute atomic E-state index is 2.53. The number of nitrogens with zero attached hydrogens (tertiary/aromatic N) is 2. The van der Waals surface area contributed by atoms with Crippen molar-refractivity contribution in [3.05, 3.63) is 265 Å². The van der Waals surface area contributed by atoms with Crippen LogP contribution >= 0.6 is 0 Å². The fraction of sp³-hybridized carbons (Fsp3) is 0.101. The van der Waals surface area contributed by atoms with Gasteiger partial charge in [0.2, 0.25) is 0 Å². The Morgan fingerprint density at radius 1 is 0.394 bits per heavy atom. The molecule has 0 N–H and O–H groups in total. The Bertz CT molecular complexity index is 3760. The molecular formula is C69H56N2. The van der Waals surface area contributed by atoms with Crippen LogP contribution in [-0.4, -0.2) is 4.57 Å². The predicted octanol–water partition coefficient (Wildman–Crippen LogP) is 18.9. The van der Waals surface area contributed by atoms with Gasteiger partial charge in [-0.05, 0) is 140 Å². The summed E-state index contributed by atoms with van der Waals surface area (Å²) >= 11 is 0. The number of aromatic nitrogens is 1. The zero-order chi connectivity index (χ0) is 48.1. The summed E-state index contributed by atoms with van der Waals surface area (Å²) in [6.07, 6.45) is 4.49. The lowest BCUT2D eigenvalue weighted by molar-refractivity contribution is 0.660. The van der Waals surface area contributed by atoms with Gasteiger partial charge in [-0.1, -0.05) is 210 Å². The molecule has 10 aromatic carbocycles. The Morgan fingerprint density at radius 2 is 0.972 bits per heavy atom. The van der Waals surface area contributed by atoms with Crippen molar-refractivity contribution in [3.63, 3.8) is 0 Å². The Kier molecular flexibility index (Phi) is 11.2. The molecule has 1 aromatic heterocycles. The summed E-state index contributed by atoms with van der Waals surface area (Å²) in [5.41, 5.74) is 24.6. The number of fused-ring (bicyclic) bond motifs is 7. The minimum atomic E-state index is -0.0679. The molecule has 2 aliphatic rings. The number of benzene rings is 10. The van der Waals surface area contributed by atoms with Crippen LogP contribution in [0.15, 0.2) is 243 Å². The number of hydrogen-bond donors (Lipinski definition) is 0. The maximum atomic E-state index is 2.53. The summed E-state index contributed by atoms with van der Waals surface area (Å²) < 4.78 is 2.45. The highest BCUT2D eigenvalue weighted by Crippen LogP contribution is 2.52. The molecular weight excluding hydrogens is 857 g/mol. The third-order valence-corrected chi connectivity index (χ3v) is 14.8. The zero-order valence-electron chi connectivity index (χ0n) is 40.9. The van der Waals surface area contributed by atoms with Gasteiger partial charge in [0.1, 0.15) is 0 Å². The van der Waals surface area contributed by atoms with E-state index < -0.39 is 0 Å². The topological polar surface area (TPSA) is 8.17 Å². The molecule has 11 aromatic rings. The molecule has 2 heteroatoms. The van der Waals surface area contributed by atoms with E-state index in [9.17, 15) is 0 Å². The van der Waals surface area contributed by atoms with Crippen LogP contribution in [0.4, 0.5) is 11.4 Å². The van der Waals surface area contributed by atoms with Gasteiger partial charge in [0.05, 0.1) is 16.7 Å². The number of hydrogen-bond acceptors (Lipinski definition) is 1. The second-order valence-corrected chi connectivity index (χ2v) is 19.2. The first-order valence-corrected chi connectivity index (χ1v) is 25.3. The summed E-state index contributed by atoms with van der Waals surface area (Å²) in [6.45, 7) is 8.72. The number of rotatable bonds is 8. The van der Waals surface area contributed by atoms with Crippen molar-refractivity contribution in [1.82, 2.24) is 4.57 Å². The van der Waals surface area contributed by atoms with Crippen LogP contribution in [0.2, 0.25) is 0 Å². The highest BCUT2D eigenvalue weighted by Gasteiger charge is 2.36. The van der Waals surface area contributed by atoms with Gasteiger partial charge in [0.15, 0.2) is 0 Å². The molecule has 1 heterocycles. The molecule has 2 aliphatic carbocycles. The fourth-order valence-corrected chi connectivity index (χ4v) is 11.5. The third-order valence-electron chi connectivity index (χ3n) is 14.8. The summed E-state index contributed by atoms with van der Waals surface area (Å²) in [7, 11) is 0. The maximum Gasteiger partial charge on any atom is 0.0541 e. The first kappa shape index (κ1) is 43.8. The van der Waals surface area contributed by atoms with Gasteiger partial charge in [0.25, 0.3) is 0 Å². The molecule has 0 spiro atoms. The van der Waals surface area contributed by atoms with Crippen LogP contribution in [0.5, 0.6) is 0 Å². The van der Waals surface area contributed by atoms with E-state index in [0.29, 0.717) is 0 Å². The first-order chi connectivity index (χ1) is 35.0. The number of anilines is 2. The molecule has 0 unspecified atom stereocenters. The average Bonchev–Trinajstić information content (AvgIpc) is 3.89. The molecule has 0 atom stereocenters. The molecule has 0 bridgehead atoms. The van der Waals surface area contributed by atoms with Crippen LogP contribution in [0.25, 0.3) is 88.8 Å². The summed E-state index contributed by atoms with van der Waals surface area (Å²) in [5.74, 6) is 0. The van der Waals surface area contributed by atoms with Crippen molar-refractivity contribution < 1.29 is 0 Å². The van der Waals surface area contributed by atoms with E-state index >= 15 is 0 Å². The van der Waals surface area contributed by atoms with Crippen molar-refractivity contribution >= 4 is 38.9 Å². The standard InChI is InChI=1S/C67H50N2.C2H6/c1-67(2)61-31-14-11-29-57(61)59-44-53(36-37-62(59)67)68(64-34-18-24-47-23-9-10-27-55(47)64)63-32-15-12-28-56(63)50-26-17-25-48(39-50)49-35-38-66-60(43-49)58-30-13-16-33-65(58)69(66)54-41-51(45-19-5-3-6-20-45)40-52(42-54)46-21-7-4-8-22-46;1-2/h3-17,19-23,25-44H,18,24H2,1-2H3;1-2H3. The van der Waals surface area contributed by atoms with E-state index in [-0.39, 0.29) is 5.41 Å². The predicted molar refractivity (Wildman–Crippen MR) is 303 cm³/mol. The van der Waals surface area contributed by atoms with E-state index in [0.717, 1.165) is 24.2 Å². The van der Waals surface area contributed by atoms with E-state index in [4.69, 9.17) is 0 Å². The van der Waals surface area contributed by atoms with Crippen molar-refractivity contribution in [2.75, 3.05) is 4.90 Å². The molecule has 13 rings (SSSR count). The molecule has 0 saturated heterocycles. The minimum absolute atomic E-state index is 0.0679. The van der Waals surface area contributed by atoms with Gasteiger partial charge in [-0.3, -0.25) is 0 Å². The smallest absolute Gasteiger partial charge is 0.0541 e. The third kappa shape index (κ3) is 7.59.